The van der Waals surface area contributed by atoms with Crippen LogP contribution in [0.5, 0.6) is 0 Å². The summed E-state index contributed by atoms with van der Waals surface area (Å²) in [5.41, 5.74) is 0. The van der Waals surface area contributed by atoms with Gasteiger partial charge in [-0.05, 0) is 39.2 Å². The van der Waals surface area contributed by atoms with Gasteiger partial charge in [0.05, 0.1) is 6.61 Å². The first kappa shape index (κ1) is 15.4. The summed E-state index contributed by atoms with van der Waals surface area (Å²) in [4.78, 5) is 14.2. The largest absolute Gasteiger partial charge is 0.465 e. The van der Waals surface area contributed by atoms with Crippen molar-refractivity contribution in [3.8, 4) is 0 Å². The lowest BCUT2D eigenvalue weighted by molar-refractivity contribution is -0.145. The van der Waals surface area contributed by atoms with Gasteiger partial charge < -0.3 is 15.0 Å². The Balaban J connectivity index is 2.36. The number of nitrogens with zero attached hydrogens (tertiary/aromatic N) is 1. The molecule has 0 heterocycles. The highest BCUT2D eigenvalue weighted by Crippen LogP contribution is 2.27. The SMILES string of the molecule is CCOC(=O)C(CCN(CC(C)C)C1CC1)NC. The predicted octanol–water partition coefficient (Wildman–Crippen LogP) is 1.65. The molecule has 18 heavy (non-hydrogen) atoms. The molecule has 1 rings (SSSR count). The topological polar surface area (TPSA) is 41.6 Å². The molecule has 1 saturated carbocycles. The fraction of sp³-hybridized carbons (Fsp3) is 0.929. The van der Waals surface area contributed by atoms with E-state index in [2.05, 4.69) is 24.1 Å². The van der Waals surface area contributed by atoms with E-state index in [0.29, 0.717) is 12.5 Å². The summed E-state index contributed by atoms with van der Waals surface area (Å²) < 4.78 is 5.06. The van der Waals surface area contributed by atoms with Crippen molar-refractivity contribution in [2.45, 2.75) is 52.1 Å². The highest BCUT2D eigenvalue weighted by Gasteiger charge is 2.30. The fourth-order valence-corrected chi connectivity index (χ4v) is 2.25. The lowest BCUT2D eigenvalue weighted by atomic mass is 10.1. The van der Waals surface area contributed by atoms with Crippen LogP contribution in [0.15, 0.2) is 0 Å². The Bertz CT molecular complexity index is 252. The predicted molar refractivity (Wildman–Crippen MR) is 73.5 cm³/mol. The molecule has 1 fully saturated rings. The maximum absolute atomic E-state index is 11.7. The first-order valence-corrected chi connectivity index (χ1v) is 7.16. The minimum absolute atomic E-state index is 0.125. The molecular formula is C14H28N2O2. The van der Waals surface area contributed by atoms with Gasteiger partial charge in [-0.2, -0.15) is 0 Å². The second kappa shape index (κ2) is 7.74. The van der Waals surface area contributed by atoms with E-state index in [1.807, 2.05) is 14.0 Å². The molecule has 1 atom stereocenters. The Hall–Kier alpha value is -0.610. The van der Waals surface area contributed by atoms with E-state index < -0.39 is 0 Å². The molecule has 0 spiro atoms. The minimum Gasteiger partial charge on any atom is -0.465 e. The van der Waals surface area contributed by atoms with Crippen LogP contribution in [0.25, 0.3) is 0 Å². The number of carbonyl (C=O) groups is 1. The third-order valence-electron chi connectivity index (χ3n) is 3.29. The molecule has 1 unspecified atom stereocenters. The Labute approximate surface area is 111 Å². The normalized spacial score (nSPS) is 17.2. The molecule has 0 aromatic rings. The number of esters is 1. The van der Waals surface area contributed by atoms with Crippen molar-refractivity contribution in [1.82, 2.24) is 10.2 Å². The number of carbonyl (C=O) groups excluding carboxylic acids is 1. The Morgan fingerprint density at radius 3 is 2.56 bits per heavy atom. The van der Waals surface area contributed by atoms with Crippen LogP contribution in [0.4, 0.5) is 0 Å². The molecule has 0 aliphatic heterocycles. The van der Waals surface area contributed by atoms with Crippen LogP contribution in [0.1, 0.15) is 40.0 Å². The van der Waals surface area contributed by atoms with Gasteiger partial charge in [-0.1, -0.05) is 13.8 Å². The van der Waals surface area contributed by atoms with Crippen molar-refractivity contribution in [3.63, 3.8) is 0 Å². The summed E-state index contributed by atoms with van der Waals surface area (Å²) in [7, 11) is 1.82. The third kappa shape index (κ3) is 5.36. The maximum atomic E-state index is 11.7. The van der Waals surface area contributed by atoms with Crippen molar-refractivity contribution in [3.05, 3.63) is 0 Å². The van der Waals surface area contributed by atoms with Gasteiger partial charge in [0, 0.05) is 19.1 Å². The van der Waals surface area contributed by atoms with E-state index in [-0.39, 0.29) is 12.0 Å². The highest BCUT2D eigenvalue weighted by atomic mass is 16.5. The maximum Gasteiger partial charge on any atom is 0.323 e. The number of hydrogen-bond donors (Lipinski definition) is 1. The van der Waals surface area contributed by atoms with Crippen LogP contribution in [-0.4, -0.2) is 49.7 Å². The van der Waals surface area contributed by atoms with Gasteiger partial charge in [0.25, 0.3) is 0 Å². The van der Waals surface area contributed by atoms with Crippen molar-refractivity contribution in [1.29, 1.82) is 0 Å². The second-order valence-corrected chi connectivity index (χ2v) is 5.50. The summed E-state index contributed by atoms with van der Waals surface area (Å²) in [5, 5.41) is 3.05. The molecule has 4 nitrogen and oxygen atoms in total. The van der Waals surface area contributed by atoms with Gasteiger partial charge in [0.1, 0.15) is 6.04 Å². The number of ether oxygens (including phenoxy) is 1. The molecule has 0 bridgehead atoms. The van der Waals surface area contributed by atoms with Gasteiger partial charge in [0.2, 0.25) is 0 Å². The number of hydrogen-bond acceptors (Lipinski definition) is 4. The fourth-order valence-electron chi connectivity index (χ4n) is 2.25. The summed E-state index contributed by atoms with van der Waals surface area (Å²) in [6.07, 6.45) is 3.46. The van der Waals surface area contributed by atoms with Crippen molar-refractivity contribution in [2.24, 2.45) is 5.92 Å². The molecule has 0 aromatic heterocycles. The zero-order chi connectivity index (χ0) is 13.5. The van der Waals surface area contributed by atoms with Crippen molar-refractivity contribution < 1.29 is 9.53 Å². The highest BCUT2D eigenvalue weighted by molar-refractivity contribution is 5.75. The van der Waals surface area contributed by atoms with Gasteiger partial charge >= 0.3 is 5.97 Å². The first-order chi connectivity index (χ1) is 8.58. The number of rotatable bonds is 9. The van der Waals surface area contributed by atoms with E-state index in [1.54, 1.807) is 0 Å². The van der Waals surface area contributed by atoms with Crippen LogP contribution in [0, 0.1) is 5.92 Å². The number of likely N-dealkylation sites (N-methyl/N-ethyl adjacent to an activating group) is 1. The summed E-state index contributed by atoms with van der Waals surface area (Å²) >= 11 is 0. The smallest absolute Gasteiger partial charge is 0.323 e. The zero-order valence-corrected chi connectivity index (χ0v) is 12.2. The third-order valence-corrected chi connectivity index (χ3v) is 3.29. The molecule has 4 heteroatoms. The quantitative estimate of drug-likeness (QED) is 0.637. The standard InChI is InChI=1S/C14H28N2O2/c1-5-18-14(17)13(15-4)8-9-16(10-11(2)3)12-6-7-12/h11-13,15H,5-10H2,1-4H3. The van der Waals surface area contributed by atoms with Gasteiger partial charge in [-0.15, -0.1) is 0 Å². The molecule has 0 amide bonds. The van der Waals surface area contributed by atoms with E-state index in [9.17, 15) is 4.79 Å². The first-order valence-electron chi connectivity index (χ1n) is 7.16. The molecule has 0 aromatic carbocycles. The minimum atomic E-state index is -0.168. The van der Waals surface area contributed by atoms with Crippen molar-refractivity contribution >= 4 is 5.97 Å². The van der Waals surface area contributed by atoms with Crippen LogP contribution in [0.2, 0.25) is 0 Å². The van der Waals surface area contributed by atoms with Gasteiger partial charge in [0.15, 0.2) is 0 Å². The molecular weight excluding hydrogens is 228 g/mol. The second-order valence-electron chi connectivity index (χ2n) is 5.50. The van der Waals surface area contributed by atoms with Crippen molar-refractivity contribution in [2.75, 3.05) is 26.7 Å². The monoisotopic (exact) mass is 256 g/mol. The molecule has 1 aliphatic carbocycles. The van der Waals surface area contributed by atoms with Crippen LogP contribution in [-0.2, 0) is 9.53 Å². The van der Waals surface area contributed by atoms with Crippen LogP contribution < -0.4 is 5.32 Å². The Morgan fingerprint density at radius 2 is 2.11 bits per heavy atom. The van der Waals surface area contributed by atoms with Crippen LogP contribution >= 0.6 is 0 Å². The molecule has 1 N–H and O–H groups in total. The van der Waals surface area contributed by atoms with Gasteiger partial charge in [-0.25, -0.2) is 0 Å². The lowest BCUT2D eigenvalue weighted by Crippen LogP contribution is -2.40. The van der Waals surface area contributed by atoms with Crippen LogP contribution in [0.3, 0.4) is 0 Å². The van der Waals surface area contributed by atoms with E-state index in [4.69, 9.17) is 4.74 Å². The molecule has 0 saturated heterocycles. The Morgan fingerprint density at radius 1 is 1.44 bits per heavy atom. The zero-order valence-electron chi connectivity index (χ0n) is 12.2. The summed E-state index contributed by atoms with van der Waals surface area (Å²) in [6.45, 7) is 8.90. The summed E-state index contributed by atoms with van der Waals surface area (Å²) in [5.74, 6) is 0.557. The lowest BCUT2D eigenvalue weighted by Gasteiger charge is -2.25. The molecule has 0 radical (unpaired) electrons. The van der Waals surface area contributed by atoms with E-state index in [0.717, 1.165) is 25.6 Å². The van der Waals surface area contributed by atoms with Gasteiger partial charge in [-0.3, -0.25) is 4.79 Å². The van der Waals surface area contributed by atoms with E-state index >= 15 is 0 Å². The van der Waals surface area contributed by atoms with E-state index in [1.165, 1.54) is 12.8 Å². The summed E-state index contributed by atoms with van der Waals surface area (Å²) in [6, 6.07) is 0.588. The number of nitrogens with one attached hydrogen (secondary N) is 1. The average Bonchev–Trinajstić information content (AvgIpc) is 3.12. The Kier molecular flexibility index (Phi) is 6.65. The average molecular weight is 256 g/mol. The molecule has 106 valence electrons. The molecule has 1 aliphatic rings.